The summed E-state index contributed by atoms with van der Waals surface area (Å²) in [7, 11) is 1.69. The number of rotatable bonds is 6. The molecule has 18 heavy (non-hydrogen) atoms. The maximum Gasteiger partial charge on any atom is 0.137 e. The molecule has 5 heteroatoms. The highest BCUT2D eigenvalue weighted by molar-refractivity contribution is 5.35. The van der Waals surface area contributed by atoms with Gasteiger partial charge in [0.05, 0.1) is 7.11 Å². The van der Waals surface area contributed by atoms with Gasteiger partial charge in [-0.2, -0.15) is 5.10 Å². The van der Waals surface area contributed by atoms with Crippen LogP contribution in [0, 0.1) is 0 Å². The first-order valence-electron chi connectivity index (χ1n) is 6.02. The quantitative estimate of drug-likeness (QED) is 0.814. The lowest BCUT2D eigenvalue weighted by Gasteiger charge is -2.16. The second-order valence-electron chi connectivity index (χ2n) is 4.10. The molecule has 2 N–H and O–H groups in total. The Hall–Kier alpha value is -1.88. The molecule has 5 nitrogen and oxygen atoms in total. The van der Waals surface area contributed by atoms with Crippen LogP contribution in [-0.4, -0.2) is 28.8 Å². The van der Waals surface area contributed by atoms with Crippen LogP contribution in [0.3, 0.4) is 0 Å². The number of methoxy groups -OCH3 is 1. The van der Waals surface area contributed by atoms with Crippen LogP contribution in [0.15, 0.2) is 30.6 Å². The van der Waals surface area contributed by atoms with Crippen LogP contribution in [0.5, 0.6) is 5.75 Å². The Morgan fingerprint density at radius 3 is 2.94 bits per heavy atom. The van der Waals surface area contributed by atoms with Crippen molar-refractivity contribution < 1.29 is 4.74 Å². The third kappa shape index (κ3) is 3.07. The molecule has 0 aliphatic carbocycles. The first kappa shape index (κ1) is 12.6. The molecule has 1 aromatic carbocycles. The molecule has 0 aliphatic heterocycles. The molecular formula is C13H18N4O. The highest BCUT2D eigenvalue weighted by Gasteiger charge is 2.09. The molecule has 0 fully saturated rings. The molecule has 2 rings (SSSR count). The van der Waals surface area contributed by atoms with Crippen molar-refractivity contribution in [2.24, 2.45) is 0 Å². The van der Waals surface area contributed by atoms with Gasteiger partial charge < -0.3 is 10.1 Å². The number of aromatic amines is 1. The van der Waals surface area contributed by atoms with Crippen LogP contribution >= 0.6 is 0 Å². The lowest BCUT2D eigenvalue weighted by atomic mass is 10.1. The minimum Gasteiger partial charge on any atom is -0.496 e. The summed E-state index contributed by atoms with van der Waals surface area (Å²) in [4.78, 5) is 4.09. The zero-order valence-electron chi connectivity index (χ0n) is 10.7. The van der Waals surface area contributed by atoms with Gasteiger partial charge in [0.25, 0.3) is 0 Å². The van der Waals surface area contributed by atoms with E-state index < -0.39 is 0 Å². The number of para-hydroxylation sites is 1. The van der Waals surface area contributed by atoms with E-state index in [2.05, 4.69) is 33.5 Å². The molecule has 96 valence electrons. The van der Waals surface area contributed by atoms with Crippen LogP contribution in [0.1, 0.15) is 24.4 Å². The molecule has 1 heterocycles. The van der Waals surface area contributed by atoms with Crippen molar-refractivity contribution in [3.63, 3.8) is 0 Å². The Bertz CT molecular complexity index is 470. The second kappa shape index (κ2) is 6.16. The smallest absolute Gasteiger partial charge is 0.137 e. The molecule has 1 unspecified atom stereocenters. The van der Waals surface area contributed by atoms with Gasteiger partial charge >= 0.3 is 0 Å². The van der Waals surface area contributed by atoms with Gasteiger partial charge in [-0.05, 0) is 13.0 Å². The summed E-state index contributed by atoms with van der Waals surface area (Å²) in [5, 5.41) is 10.1. The summed E-state index contributed by atoms with van der Waals surface area (Å²) in [6, 6.07) is 8.29. The Morgan fingerprint density at radius 2 is 2.22 bits per heavy atom. The van der Waals surface area contributed by atoms with Gasteiger partial charge in [-0.25, -0.2) is 4.98 Å². The van der Waals surface area contributed by atoms with Crippen molar-refractivity contribution in [1.29, 1.82) is 0 Å². The van der Waals surface area contributed by atoms with E-state index in [9.17, 15) is 0 Å². The van der Waals surface area contributed by atoms with Crippen molar-refractivity contribution in [2.45, 2.75) is 19.4 Å². The number of H-pyrrole nitrogens is 1. The first-order valence-corrected chi connectivity index (χ1v) is 6.02. The third-order valence-corrected chi connectivity index (χ3v) is 2.88. The van der Waals surface area contributed by atoms with Crippen LogP contribution < -0.4 is 10.1 Å². The second-order valence-corrected chi connectivity index (χ2v) is 4.10. The van der Waals surface area contributed by atoms with Gasteiger partial charge in [0, 0.05) is 24.6 Å². The predicted octanol–water partition coefficient (Wildman–Crippen LogP) is 1.71. The predicted molar refractivity (Wildman–Crippen MR) is 69.5 cm³/mol. The Kier molecular flexibility index (Phi) is 4.30. The SMILES string of the molecule is COc1ccccc1C(C)NCCc1ncn[nH]1. The van der Waals surface area contributed by atoms with Crippen LogP contribution in [0.2, 0.25) is 0 Å². The van der Waals surface area contributed by atoms with E-state index in [1.165, 1.54) is 6.33 Å². The number of hydrogen-bond donors (Lipinski definition) is 2. The van der Waals surface area contributed by atoms with E-state index in [-0.39, 0.29) is 6.04 Å². The van der Waals surface area contributed by atoms with Crippen LogP contribution in [-0.2, 0) is 6.42 Å². The van der Waals surface area contributed by atoms with Crippen molar-refractivity contribution in [1.82, 2.24) is 20.5 Å². The Labute approximate surface area is 107 Å². The highest BCUT2D eigenvalue weighted by Crippen LogP contribution is 2.23. The van der Waals surface area contributed by atoms with E-state index in [0.29, 0.717) is 0 Å². The first-order chi connectivity index (χ1) is 8.81. The molecule has 1 aromatic heterocycles. The van der Waals surface area contributed by atoms with Gasteiger partial charge in [-0.15, -0.1) is 0 Å². The number of nitrogens with one attached hydrogen (secondary N) is 2. The lowest BCUT2D eigenvalue weighted by molar-refractivity contribution is 0.402. The molecule has 0 aliphatic rings. The molecular weight excluding hydrogens is 228 g/mol. The van der Waals surface area contributed by atoms with Crippen LogP contribution in [0.4, 0.5) is 0 Å². The van der Waals surface area contributed by atoms with E-state index in [0.717, 1.165) is 30.1 Å². The van der Waals surface area contributed by atoms with Crippen LogP contribution in [0.25, 0.3) is 0 Å². The number of nitrogens with zero attached hydrogens (tertiary/aromatic N) is 2. The van der Waals surface area contributed by atoms with E-state index >= 15 is 0 Å². The summed E-state index contributed by atoms with van der Waals surface area (Å²) < 4.78 is 5.35. The maximum atomic E-state index is 5.35. The van der Waals surface area contributed by atoms with Crippen molar-refractivity contribution in [2.75, 3.05) is 13.7 Å². The maximum absolute atomic E-state index is 5.35. The minimum atomic E-state index is 0.240. The zero-order valence-corrected chi connectivity index (χ0v) is 10.7. The number of benzene rings is 1. The Morgan fingerprint density at radius 1 is 1.39 bits per heavy atom. The molecule has 0 radical (unpaired) electrons. The monoisotopic (exact) mass is 246 g/mol. The molecule has 0 bridgehead atoms. The number of hydrogen-bond acceptors (Lipinski definition) is 4. The molecule has 0 saturated carbocycles. The van der Waals surface area contributed by atoms with E-state index in [1.807, 2.05) is 18.2 Å². The molecule has 0 saturated heterocycles. The van der Waals surface area contributed by atoms with Crippen molar-refractivity contribution in [3.05, 3.63) is 42.0 Å². The fraction of sp³-hybridized carbons (Fsp3) is 0.385. The van der Waals surface area contributed by atoms with Gasteiger partial charge in [0.2, 0.25) is 0 Å². The standard InChI is InChI=1S/C13H18N4O/c1-10(11-5-3-4-6-12(11)18-2)14-8-7-13-15-9-16-17-13/h3-6,9-10,14H,7-8H2,1-2H3,(H,15,16,17). The lowest BCUT2D eigenvalue weighted by Crippen LogP contribution is -2.22. The molecule has 0 spiro atoms. The average molecular weight is 246 g/mol. The fourth-order valence-corrected chi connectivity index (χ4v) is 1.89. The zero-order chi connectivity index (χ0) is 12.8. The highest BCUT2D eigenvalue weighted by atomic mass is 16.5. The summed E-state index contributed by atoms with van der Waals surface area (Å²) in [5.41, 5.74) is 1.16. The summed E-state index contributed by atoms with van der Waals surface area (Å²) in [6.45, 7) is 2.96. The average Bonchev–Trinajstić information content (AvgIpc) is 2.91. The van der Waals surface area contributed by atoms with Crippen molar-refractivity contribution >= 4 is 0 Å². The van der Waals surface area contributed by atoms with Gasteiger partial charge in [-0.3, -0.25) is 5.10 Å². The Balaban J connectivity index is 1.89. The largest absolute Gasteiger partial charge is 0.496 e. The molecule has 1 atom stereocenters. The molecule has 0 amide bonds. The minimum absolute atomic E-state index is 0.240. The fourth-order valence-electron chi connectivity index (χ4n) is 1.89. The van der Waals surface area contributed by atoms with Gasteiger partial charge in [0.1, 0.15) is 17.9 Å². The van der Waals surface area contributed by atoms with E-state index in [1.54, 1.807) is 7.11 Å². The topological polar surface area (TPSA) is 62.8 Å². The van der Waals surface area contributed by atoms with E-state index in [4.69, 9.17) is 4.74 Å². The third-order valence-electron chi connectivity index (χ3n) is 2.88. The van der Waals surface area contributed by atoms with Gasteiger partial charge in [0.15, 0.2) is 0 Å². The van der Waals surface area contributed by atoms with Gasteiger partial charge in [-0.1, -0.05) is 18.2 Å². The number of aromatic nitrogens is 3. The number of ether oxygens (including phenoxy) is 1. The molecule has 2 aromatic rings. The summed E-state index contributed by atoms with van der Waals surface area (Å²) in [6.07, 6.45) is 2.36. The normalized spacial score (nSPS) is 12.3. The summed E-state index contributed by atoms with van der Waals surface area (Å²) >= 11 is 0. The summed E-state index contributed by atoms with van der Waals surface area (Å²) in [5.74, 6) is 1.81. The van der Waals surface area contributed by atoms with Crippen molar-refractivity contribution in [3.8, 4) is 5.75 Å².